The first-order valence-electron chi connectivity index (χ1n) is 13.2. The van der Waals surface area contributed by atoms with Crippen LogP contribution in [0.25, 0.3) is 16.8 Å². The molecular formula is C30H28N6O5. The molecule has 0 saturated heterocycles. The van der Waals surface area contributed by atoms with E-state index in [9.17, 15) is 19.5 Å². The van der Waals surface area contributed by atoms with E-state index >= 15 is 0 Å². The number of para-hydroxylation sites is 1. The van der Waals surface area contributed by atoms with Crippen LogP contribution in [0.1, 0.15) is 59.1 Å². The number of carboxylic acids is 1. The fraction of sp³-hybridized carbons (Fsp3) is 0.200. The van der Waals surface area contributed by atoms with Crippen LogP contribution < -0.4 is 11.0 Å². The molecule has 5 aromatic rings. The van der Waals surface area contributed by atoms with Crippen molar-refractivity contribution in [2.24, 2.45) is 0 Å². The Balaban J connectivity index is 1.36. The smallest absolute Gasteiger partial charge is 0.365 e. The zero-order valence-electron chi connectivity index (χ0n) is 22.3. The van der Waals surface area contributed by atoms with Crippen LogP contribution in [0, 0.1) is 0 Å². The summed E-state index contributed by atoms with van der Waals surface area (Å²) in [5.74, 6) is -1.08. The van der Waals surface area contributed by atoms with Gasteiger partial charge in [0.05, 0.1) is 23.8 Å². The van der Waals surface area contributed by atoms with Gasteiger partial charge >= 0.3 is 17.6 Å². The van der Waals surface area contributed by atoms with E-state index in [1.165, 1.54) is 4.68 Å². The Morgan fingerprint density at radius 2 is 1.76 bits per heavy atom. The summed E-state index contributed by atoms with van der Waals surface area (Å²) >= 11 is 0. The Morgan fingerprint density at radius 1 is 1.02 bits per heavy atom. The molecule has 0 aliphatic rings. The summed E-state index contributed by atoms with van der Waals surface area (Å²) in [6.45, 7) is 2.01. The first kappa shape index (κ1) is 27.3. The lowest BCUT2D eigenvalue weighted by Crippen LogP contribution is -2.30. The average molecular weight is 553 g/mol. The van der Waals surface area contributed by atoms with Gasteiger partial charge < -0.3 is 14.8 Å². The molecule has 41 heavy (non-hydrogen) atoms. The van der Waals surface area contributed by atoms with Gasteiger partial charge in [-0.05, 0) is 39.6 Å². The van der Waals surface area contributed by atoms with Crippen LogP contribution in [-0.4, -0.2) is 42.2 Å². The second-order valence-electron chi connectivity index (χ2n) is 9.48. The Kier molecular flexibility index (Phi) is 8.14. The van der Waals surface area contributed by atoms with E-state index < -0.39 is 23.6 Å². The minimum atomic E-state index is -1.03. The van der Waals surface area contributed by atoms with E-state index in [4.69, 9.17) is 4.42 Å². The van der Waals surface area contributed by atoms with E-state index in [0.29, 0.717) is 35.5 Å². The molecule has 5 rings (SSSR count). The highest BCUT2D eigenvalue weighted by Gasteiger charge is 2.24. The van der Waals surface area contributed by atoms with Crippen LogP contribution in [0.4, 0.5) is 0 Å². The third kappa shape index (κ3) is 6.30. The number of carbonyl (C=O) groups excluding carboxylic acids is 1. The van der Waals surface area contributed by atoms with Gasteiger partial charge in [-0.1, -0.05) is 79.7 Å². The van der Waals surface area contributed by atoms with Gasteiger partial charge in [-0.3, -0.25) is 9.59 Å². The number of tetrazole rings is 1. The average Bonchev–Trinajstić information content (AvgIpc) is 3.59. The first-order chi connectivity index (χ1) is 19.9. The molecule has 0 radical (unpaired) electrons. The minimum Gasteiger partial charge on any atom is -0.481 e. The minimum absolute atomic E-state index is 0.0987. The fourth-order valence-corrected chi connectivity index (χ4v) is 4.63. The molecule has 1 unspecified atom stereocenters. The summed E-state index contributed by atoms with van der Waals surface area (Å²) in [5.41, 5.74) is 4.16. The summed E-state index contributed by atoms with van der Waals surface area (Å²) in [6.07, 6.45) is 1.57. The number of rotatable bonds is 11. The molecule has 0 spiro atoms. The topological polar surface area (TPSA) is 156 Å². The van der Waals surface area contributed by atoms with Gasteiger partial charge in [-0.25, -0.2) is 14.9 Å². The van der Waals surface area contributed by atoms with Crippen molar-refractivity contribution in [3.05, 3.63) is 118 Å². The molecule has 1 amide bonds. The molecule has 11 nitrogen and oxygen atoms in total. The highest BCUT2D eigenvalue weighted by molar-refractivity contribution is 5.90. The number of H-pyrrole nitrogens is 1. The van der Waals surface area contributed by atoms with Crippen LogP contribution in [0.5, 0.6) is 0 Å². The Hall–Kier alpha value is -5.32. The second kappa shape index (κ2) is 12.2. The third-order valence-corrected chi connectivity index (χ3v) is 6.58. The van der Waals surface area contributed by atoms with Crippen LogP contribution in [0.2, 0.25) is 0 Å². The number of aromatic amines is 1. The lowest BCUT2D eigenvalue weighted by Gasteiger charge is -2.16. The van der Waals surface area contributed by atoms with Gasteiger partial charge in [0.25, 0.3) is 5.89 Å². The molecule has 2 aromatic heterocycles. The largest absolute Gasteiger partial charge is 0.481 e. The highest BCUT2D eigenvalue weighted by Crippen LogP contribution is 2.27. The number of carbonyl (C=O) groups is 2. The van der Waals surface area contributed by atoms with E-state index in [-0.39, 0.29) is 12.3 Å². The fourth-order valence-electron chi connectivity index (χ4n) is 4.63. The maximum absolute atomic E-state index is 13.1. The van der Waals surface area contributed by atoms with Crippen molar-refractivity contribution in [1.82, 2.24) is 30.5 Å². The number of amides is 1. The molecule has 3 aromatic carbocycles. The molecule has 0 fully saturated rings. The summed E-state index contributed by atoms with van der Waals surface area (Å²) in [4.78, 5) is 41.1. The van der Waals surface area contributed by atoms with Gasteiger partial charge in [-0.15, -0.1) is 0 Å². The predicted molar refractivity (Wildman–Crippen MR) is 150 cm³/mol. The number of hydrogen-bond donors (Lipinski definition) is 3. The molecule has 0 aliphatic heterocycles. The van der Waals surface area contributed by atoms with Crippen LogP contribution in [0.15, 0.2) is 88.1 Å². The van der Waals surface area contributed by atoms with Crippen molar-refractivity contribution in [3.63, 3.8) is 0 Å². The number of hydrogen-bond acceptors (Lipinski definition) is 7. The van der Waals surface area contributed by atoms with Crippen LogP contribution in [-0.2, 0) is 17.6 Å². The number of aryl methyl sites for hydroxylation is 1. The zero-order chi connectivity index (χ0) is 28.8. The van der Waals surface area contributed by atoms with Gasteiger partial charge in [0, 0.05) is 18.4 Å². The third-order valence-electron chi connectivity index (χ3n) is 6.58. The number of oxazole rings is 1. The Labute approximate surface area is 234 Å². The SMILES string of the molecule is CCCc1oc(C(=O)NC(CC(=O)O)c2ccccc2)nc1Cc1ccc(-c2ccccc2-n2nn[nH]c2=O)cc1. The summed E-state index contributed by atoms with van der Waals surface area (Å²) in [7, 11) is 0. The number of nitrogens with one attached hydrogen (secondary N) is 2. The number of benzene rings is 3. The normalized spacial score (nSPS) is 11.7. The molecule has 0 aliphatic carbocycles. The van der Waals surface area contributed by atoms with Gasteiger partial charge in [0.1, 0.15) is 5.76 Å². The summed E-state index contributed by atoms with van der Waals surface area (Å²) in [5, 5.41) is 21.9. The molecule has 1 atom stereocenters. The molecule has 11 heteroatoms. The van der Waals surface area contributed by atoms with Crippen molar-refractivity contribution in [2.75, 3.05) is 0 Å². The lowest BCUT2D eigenvalue weighted by molar-refractivity contribution is -0.137. The van der Waals surface area contributed by atoms with Crippen molar-refractivity contribution in [2.45, 2.75) is 38.6 Å². The van der Waals surface area contributed by atoms with Crippen molar-refractivity contribution in [1.29, 1.82) is 0 Å². The maximum atomic E-state index is 13.1. The van der Waals surface area contributed by atoms with Gasteiger partial charge in [0.15, 0.2) is 0 Å². The Morgan fingerprint density at radius 3 is 2.44 bits per heavy atom. The van der Waals surface area contributed by atoms with Crippen molar-refractivity contribution >= 4 is 11.9 Å². The molecule has 2 heterocycles. The van der Waals surface area contributed by atoms with E-state index in [0.717, 1.165) is 23.1 Å². The molecule has 208 valence electrons. The standard InChI is InChI=1S/C30H28N6O5/c1-2-8-26-24(32-29(41-26)28(39)31-23(18-27(37)38)21-9-4-3-5-10-21)17-19-13-15-20(16-14-19)22-11-6-7-12-25(22)36-30(40)33-34-35-36/h3-7,9-16,23H,2,8,17-18H2,1H3,(H,31,39)(H,37,38)(H,33,35,40). The molecular weight excluding hydrogens is 524 g/mol. The summed E-state index contributed by atoms with van der Waals surface area (Å²) in [6, 6.07) is 23.4. The zero-order valence-corrected chi connectivity index (χ0v) is 22.3. The van der Waals surface area contributed by atoms with Gasteiger partial charge in [-0.2, -0.15) is 4.68 Å². The van der Waals surface area contributed by atoms with Crippen molar-refractivity contribution in [3.8, 4) is 16.8 Å². The quantitative estimate of drug-likeness (QED) is 0.221. The predicted octanol–water partition coefficient (Wildman–Crippen LogP) is 4.10. The van der Waals surface area contributed by atoms with E-state index in [2.05, 4.69) is 25.8 Å². The number of nitrogens with zero attached hydrogens (tertiary/aromatic N) is 4. The van der Waals surface area contributed by atoms with Gasteiger partial charge in [0.2, 0.25) is 0 Å². The lowest BCUT2D eigenvalue weighted by atomic mass is 10.00. The van der Waals surface area contributed by atoms with E-state index in [1.807, 2.05) is 55.5 Å². The molecule has 3 N–H and O–H groups in total. The van der Waals surface area contributed by atoms with Crippen molar-refractivity contribution < 1.29 is 19.1 Å². The monoisotopic (exact) mass is 552 g/mol. The Bertz CT molecular complexity index is 1710. The molecule has 0 bridgehead atoms. The highest BCUT2D eigenvalue weighted by atomic mass is 16.4. The number of carboxylic acid groups (broad SMARTS) is 1. The van der Waals surface area contributed by atoms with Crippen LogP contribution in [0.3, 0.4) is 0 Å². The first-order valence-corrected chi connectivity index (χ1v) is 13.2. The second-order valence-corrected chi connectivity index (χ2v) is 9.48. The summed E-state index contributed by atoms with van der Waals surface area (Å²) < 4.78 is 7.08. The van der Waals surface area contributed by atoms with E-state index in [1.54, 1.807) is 30.3 Å². The number of aromatic nitrogens is 5. The maximum Gasteiger partial charge on any atom is 0.365 e. The van der Waals surface area contributed by atoms with Crippen LogP contribution >= 0.6 is 0 Å². The number of aliphatic carboxylic acids is 1. The molecule has 0 saturated carbocycles.